The van der Waals surface area contributed by atoms with Gasteiger partial charge in [0, 0.05) is 25.4 Å². The number of nitrogens with one attached hydrogen (secondary N) is 1. The number of hydrogen-bond acceptors (Lipinski definition) is 3. The van der Waals surface area contributed by atoms with Gasteiger partial charge in [-0.1, -0.05) is 12.2 Å². The fourth-order valence-electron chi connectivity index (χ4n) is 2.51. The summed E-state index contributed by atoms with van der Waals surface area (Å²) in [5.41, 5.74) is 1.31. The van der Waals surface area contributed by atoms with E-state index in [0.717, 1.165) is 24.1 Å². The quantitative estimate of drug-likeness (QED) is 0.822. The van der Waals surface area contributed by atoms with Crippen molar-refractivity contribution in [3.05, 3.63) is 34.0 Å². The first-order valence-corrected chi connectivity index (χ1v) is 8.02. The second kappa shape index (κ2) is 6.89. The molecule has 0 aliphatic heterocycles. The predicted molar refractivity (Wildman–Crippen MR) is 85.3 cm³/mol. The molecule has 1 fully saturated rings. The van der Waals surface area contributed by atoms with E-state index in [0.29, 0.717) is 23.8 Å². The average molecular weight is 306 g/mol. The molecule has 0 atom stereocenters. The molecule has 1 N–H and O–H groups in total. The minimum Gasteiger partial charge on any atom is -0.354 e. The number of amides is 2. The highest BCUT2D eigenvalue weighted by Crippen LogP contribution is 2.34. The summed E-state index contributed by atoms with van der Waals surface area (Å²) >= 11 is 1.43. The van der Waals surface area contributed by atoms with Crippen molar-refractivity contribution in [2.75, 3.05) is 14.1 Å². The maximum Gasteiger partial charge on any atom is 0.261 e. The van der Waals surface area contributed by atoms with Gasteiger partial charge in [-0.05, 0) is 37.3 Å². The zero-order chi connectivity index (χ0) is 15.4. The summed E-state index contributed by atoms with van der Waals surface area (Å²) in [7, 11) is 3.44. The van der Waals surface area contributed by atoms with E-state index in [2.05, 4.69) is 11.9 Å². The number of hydrogen-bond donors (Lipinski definition) is 1. The first-order valence-electron chi connectivity index (χ1n) is 7.21. The second-order valence-electron chi connectivity index (χ2n) is 5.66. The molecule has 2 amide bonds. The minimum atomic E-state index is -0.0783. The second-order valence-corrected chi connectivity index (χ2v) is 6.83. The molecule has 0 unspecified atom stereocenters. The van der Waals surface area contributed by atoms with Crippen molar-refractivity contribution >= 4 is 23.2 Å². The number of nitrogens with zero attached hydrogens (tertiary/aromatic N) is 1. The van der Waals surface area contributed by atoms with Gasteiger partial charge in [0.2, 0.25) is 5.91 Å². The van der Waals surface area contributed by atoms with Gasteiger partial charge in [0.05, 0.1) is 11.4 Å². The third-order valence-electron chi connectivity index (χ3n) is 3.85. The maximum atomic E-state index is 12.1. The first-order chi connectivity index (χ1) is 9.99. The van der Waals surface area contributed by atoms with Crippen molar-refractivity contribution < 1.29 is 9.59 Å². The number of carbonyl (C=O) groups excluding carboxylic acids is 2. The Hall–Kier alpha value is -1.62. The molecule has 1 aromatic rings. The zero-order valence-electron chi connectivity index (χ0n) is 12.6. The van der Waals surface area contributed by atoms with Crippen LogP contribution in [0.2, 0.25) is 0 Å². The van der Waals surface area contributed by atoms with Crippen LogP contribution in [0.3, 0.4) is 0 Å². The molecule has 0 bridgehead atoms. The Bertz CT molecular complexity index is 542. The van der Waals surface area contributed by atoms with Crippen LogP contribution in [0.4, 0.5) is 0 Å². The standard InChI is InChI=1S/C16H22N2O2S/c1-11-8-12(9-11)4-7-15(19)18(3)10-13-5-6-14(21-13)16(20)17-2/h5-6,12H,1,4,7-10H2,2-3H3,(H,17,20). The lowest BCUT2D eigenvalue weighted by atomic mass is 9.78. The number of carbonyl (C=O) groups is 2. The van der Waals surface area contributed by atoms with Crippen LogP contribution in [0.5, 0.6) is 0 Å². The Labute approximate surface area is 129 Å². The summed E-state index contributed by atoms with van der Waals surface area (Å²) in [6, 6.07) is 3.71. The molecule has 0 radical (unpaired) electrons. The van der Waals surface area contributed by atoms with Gasteiger partial charge >= 0.3 is 0 Å². The van der Waals surface area contributed by atoms with Crippen LogP contribution in [-0.4, -0.2) is 30.8 Å². The van der Waals surface area contributed by atoms with E-state index in [-0.39, 0.29) is 11.8 Å². The van der Waals surface area contributed by atoms with Gasteiger partial charge in [0.15, 0.2) is 0 Å². The van der Waals surface area contributed by atoms with Crippen molar-refractivity contribution in [2.45, 2.75) is 32.2 Å². The molecule has 5 heteroatoms. The molecule has 0 spiro atoms. The van der Waals surface area contributed by atoms with Gasteiger partial charge in [-0.2, -0.15) is 0 Å². The van der Waals surface area contributed by atoms with Gasteiger partial charge < -0.3 is 10.2 Å². The largest absolute Gasteiger partial charge is 0.354 e. The Morgan fingerprint density at radius 2 is 2.14 bits per heavy atom. The van der Waals surface area contributed by atoms with Crippen molar-refractivity contribution in [2.24, 2.45) is 5.92 Å². The van der Waals surface area contributed by atoms with E-state index in [9.17, 15) is 9.59 Å². The molecular formula is C16H22N2O2S. The number of allylic oxidation sites excluding steroid dienone is 1. The first kappa shape index (κ1) is 15.8. The summed E-state index contributed by atoms with van der Waals surface area (Å²) in [5.74, 6) is 0.740. The van der Waals surface area contributed by atoms with Crippen molar-refractivity contribution in [1.29, 1.82) is 0 Å². The van der Waals surface area contributed by atoms with Gasteiger partial charge in [-0.15, -0.1) is 11.3 Å². The summed E-state index contributed by atoms with van der Waals surface area (Å²) in [6.07, 6.45) is 3.72. The monoisotopic (exact) mass is 306 g/mol. The van der Waals surface area contributed by atoms with E-state index in [1.54, 1.807) is 18.0 Å². The summed E-state index contributed by atoms with van der Waals surface area (Å²) in [5, 5.41) is 2.60. The molecule has 1 saturated carbocycles. The van der Waals surface area contributed by atoms with Crippen molar-refractivity contribution in [1.82, 2.24) is 10.2 Å². The van der Waals surface area contributed by atoms with E-state index in [1.807, 2.05) is 13.1 Å². The van der Waals surface area contributed by atoms with E-state index in [4.69, 9.17) is 0 Å². The summed E-state index contributed by atoms with van der Waals surface area (Å²) in [6.45, 7) is 4.49. The third-order valence-corrected chi connectivity index (χ3v) is 4.92. The highest BCUT2D eigenvalue weighted by Gasteiger charge is 2.22. The molecule has 114 valence electrons. The average Bonchev–Trinajstić information content (AvgIpc) is 2.89. The predicted octanol–water partition coefficient (Wildman–Crippen LogP) is 2.81. The minimum absolute atomic E-state index is 0.0783. The zero-order valence-corrected chi connectivity index (χ0v) is 13.5. The molecule has 21 heavy (non-hydrogen) atoms. The fourth-order valence-corrected chi connectivity index (χ4v) is 3.52. The molecular weight excluding hydrogens is 284 g/mol. The molecule has 0 saturated heterocycles. The van der Waals surface area contributed by atoms with E-state index < -0.39 is 0 Å². The van der Waals surface area contributed by atoms with Crippen LogP contribution >= 0.6 is 11.3 Å². The van der Waals surface area contributed by atoms with Crippen LogP contribution < -0.4 is 5.32 Å². The Morgan fingerprint density at radius 3 is 2.76 bits per heavy atom. The lowest BCUT2D eigenvalue weighted by Gasteiger charge is -2.28. The summed E-state index contributed by atoms with van der Waals surface area (Å²) < 4.78 is 0. The molecule has 2 rings (SSSR count). The van der Waals surface area contributed by atoms with E-state index >= 15 is 0 Å². The SMILES string of the molecule is C=C1CC(CCC(=O)N(C)Cc2ccc(C(=O)NC)s2)C1. The normalized spacial score (nSPS) is 14.7. The Kier molecular flexibility index (Phi) is 5.17. The van der Waals surface area contributed by atoms with Crippen molar-refractivity contribution in [3.63, 3.8) is 0 Å². The lowest BCUT2D eigenvalue weighted by Crippen LogP contribution is -2.27. The molecule has 4 nitrogen and oxygen atoms in total. The number of thiophene rings is 1. The summed E-state index contributed by atoms with van der Waals surface area (Å²) in [4.78, 5) is 27.1. The Morgan fingerprint density at radius 1 is 1.43 bits per heavy atom. The van der Waals surface area contributed by atoms with Gasteiger partial charge in [-0.25, -0.2) is 0 Å². The highest BCUT2D eigenvalue weighted by molar-refractivity contribution is 7.14. The van der Waals surface area contributed by atoms with Crippen LogP contribution in [-0.2, 0) is 11.3 Å². The molecule has 1 heterocycles. The Balaban J connectivity index is 1.78. The van der Waals surface area contributed by atoms with Crippen LogP contribution in [0.1, 0.15) is 40.2 Å². The molecule has 0 aromatic carbocycles. The fraction of sp³-hybridized carbons (Fsp3) is 0.500. The smallest absolute Gasteiger partial charge is 0.261 e. The number of rotatable bonds is 6. The highest BCUT2D eigenvalue weighted by atomic mass is 32.1. The molecule has 1 aliphatic rings. The van der Waals surface area contributed by atoms with Crippen molar-refractivity contribution in [3.8, 4) is 0 Å². The van der Waals surface area contributed by atoms with Gasteiger partial charge in [0.25, 0.3) is 5.91 Å². The van der Waals surface area contributed by atoms with Crippen LogP contribution in [0.15, 0.2) is 24.3 Å². The maximum absolute atomic E-state index is 12.1. The van der Waals surface area contributed by atoms with Gasteiger partial charge in [0.1, 0.15) is 0 Å². The van der Waals surface area contributed by atoms with E-state index in [1.165, 1.54) is 16.9 Å². The van der Waals surface area contributed by atoms with Crippen LogP contribution in [0.25, 0.3) is 0 Å². The molecule has 1 aliphatic carbocycles. The lowest BCUT2D eigenvalue weighted by molar-refractivity contribution is -0.130. The third kappa shape index (κ3) is 4.17. The van der Waals surface area contributed by atoms with Crippen LogP contribution in [0, 0.1) is 5.92 Å². The topological polar surface area (TPSA) is 49.4 Å². The molecule has 1 aromatic heterocycles. The van der Waals surface area contributed by atoms with Gasteiger partial charge in [-0.3, -0.25) is 9.59 Å².